The first-order valence-electron chi connectivity index (χ1n) is 8.24. The lowest BCUT2D eigenvalue weighted by Gasteiger charge is -2.32. The molecule has 1 aliphatic heterocycles. The molecule has 1 N–H and O–H groups in total. The van der Waals surface area contributed by atoms with Crippen molar-refractivity contribution in [1.82, 2.24) is 19.9 Å². The number of H-pyrrole nitrogens is 1. The van der Waals surface area contributed by atoms with Crippen molar-refractivity contribution in [1.29, 1.82) is 0 Å². The summed E-state index contributed by atoms with van der Waals surface area (Å²) in [5.74, 6) is 1.78. The molecule has 2 aromatic rings. The minimum atomic E-state index is -0.461. The molecule has 0 aliphatic carbocycles. The molecule has 1 fully saturated rings. The van der Waals surface area contributed by atoms with Crippen LogP contribution in [0.2, 0.25) is 0 Å². The number of aromatic amines is 1. The lowest BCUT2D eigenvalue weighted by Crippen LogP contribution is -2.41. The van der Waals surface area contributed by atoms with E-state index in [9.17, 15) is 4.79 Å². The first-order chi connectivity index (χ1) is 11.4. The molecule has 2 aromatic heterocycles. The number of imidazole rings is 1. The molecule has 0 atom stereocenters. The Hall–Kier alpha value is -2.31. The number of carbonyl (C=O) groups is 1. The largest absolute Gasteiger partial charge is 0.481 e. The smallest absolute Gasteiger partial charge is 0.410 e. The second-order valence-corrected chi connectivity index (χ2v) is 7.09. The number of hydrogen-bond donors (Lipinski definition) is 1. The predicted molar refractivity (Wildman–Crippen MR) is 90.2 cm³/mol. The van der Waals surface area contributed by atoms with Crippen LogP contribution < -0.4 is 4.74 Å². The van der Waals surface area contributed by atoms with Gasteiger partial charge in [0.1, 0.15) is 11.4 Å². The van der Waals surface area contributed by atoms with Crippen LogP contribution >= 0.6 is 0 Å². The van der Waals surface area contributed by atoms with Gasteiger partial charge in [0.15, 0.2) is 5.65 Å². The summed E-state index contributed by atoms with van der Waals surface area (Å²) >= 11 is 0. The second kappa shape index (κ2) is 6.30. The molecule has 0 unspecified atom stereocenters. The van der Waals surface area contributed by atoms with Crippen molar-refractivity contribution in [3.8, 4) is 5.88 Å². The van der Waals surface area contributed by atoms with Crippen molar-refractivity contribution in [2.75, 3.05) is 20.2 Å². The fraction of sp³-hybridized carbons (Fsp3) is 0.588. The summed E-state index contributed by atoms with van der Waals surface area (Å²) in [7, 11) is 1.59. The maximum Gasteiger partial charge on any atom is 0.410 e. The van der Waals surface area contributed by atoms with Gasteiger partial charge in [0.25, 0.3) is 0 Å². The maximum absolute atomic E-state index is 12.1. The molecule has 0 saturated carbocycles. The molecule has 1 aliphatic rings. The highest BCUT2D eigenvalue weighted by molar-refractivity contribution is 5.71. The molecule has 3 heterocycles. The van der Waals surface area contributed by atoms with Crippen LogP contribution in [0.15, 0.2) is 12.1 Å². The SMILES string of the molecule is COc1ccc2[nH]c(C3CCN(C(=O)OC(C)(C)C)CC3)nc2n1. The van der Waals surface area contributed by atoms with Gasteiger partial charge in [0.2, 0.25) is 5.88 Å². The number of amides is 1. The minimum absolute atomic E-state index is 0.239. The summed E-state index contributed by atoms with van der Waals surface area (Å²) in [5.41, 5.74) is 1.11. The third kappa shape index (κ3) is 3.60. The van der Waals surface area contributed by atoms with Crippen LogP contribution in [0.3, 0.4) is 0 Å². The number of methoxy groups -OCH3 is 1. The van der Waals surface area contributed by atoms with Crippen molar-refractivity contribution in [3.63, 3.8) is 0 Å². The van der Waals surface area contributed by atoms with Crippen LogP contribution in [-0.4, -0.2) is 51.7 Å². The number of nitrogens with zero attached hydrogens (tertiary/aromatic N) is 3. The van der Waals surface area contributed by atoms with E-state index in [4.69, 9.17) is 9.47 Å². The number of hydrogen-bond acceptors (Lipinski definition) is 5. The molecule has 0 spiro atoms. The molecule has 1 amide bonds. The van der Waals surface area contributed by atoms with Crippen LogP contribution in [-0.2, 0) is 4.74 Å². The zero-order valence-electron chi connectivity index (χ0n) is 14.6. The summed E-state index contributed by atoms with van der Waals surface area (Å²) in [4.78, 5) is 26.2. The zero-order valence-corrected chi connectivity index (χ0v) is 14.6. The van der Waals surface area contributed by atoms with Crippen LogP contribution in [0.5, 0.6) is 5.88 Å². The third-order valence-electron chi connectivity index (χ3n) is 4.08. The molecule has 3 rings (SSSR count). The monoisotopic (exact) mass is 332 g/mol. The van der Waals surface area contributed by atoms with Gasteiger partial charge in [0.05, 0.1) is 12.6 Å². The van der Waals surface area contributed by atoms with Gasteiger partial charge in [0, 0.05) is 25.1 Å². The van der Waals surface area contributed by atoms with Gasteiger partial charge in [-0.1, -0.05) is 0 Å². The maximum atomic E-state index is 12.1. The Morgan fingerprint density at radius 2 is 1.96 bits per heavy atom. The topological polar surface area (TPSA) is 80.3 Å². The average Bonchev–Trinajstić information content (AvgIpc) is 2.96. The van der Waals surface area contributed by atoms with Crippen LogP contribution in [0.25, 0.3) is 11.2 Å². The zero-order chi connectivity index (χ0) is 17.3. The molecule has 0 radical (unpaired) electrons. The number of rotatable bonds is 2. The summed E-state index contributed by atoms with van der Waals surface area (Å²) in [5, 5.41) is 0. The molecule has 7 heteroatoms. The Morgan fingerprint density at radius 3 is 2.58 bits per heavy atom. The van der Waals surface area contributed by atoms with E-state index in [2.05, 4.69) is 15.0 Å². The molecular formula is C17H24N4O3. The number of fused-ring (bicyclic) bond motifs is 1. The molecule has 0 aromatic carbocycles. The number of piperidine rings is 1. The van der Waals surface area contributed by atoms with Gasteiger partial charge in [-0.2, -0.15) is 4.98 Å². The summed E-state index contributed by atoms with van der Waals surface area (Å²) in [6.07, 6.45) is 1.48. The quantitative estimate of drug-likeness (QED) is 0.914. The minimum Gasteiger partial charge on any atom is -0.481 e. The van der Waals surface area contributed by atoms with Crippen LogP contribution in [0, 0.1) is 0 Å². The van der Waals surface area contributed by atoms with Gasteiger partial charge >= 0.3 is 6.09 Å². The van der Waals surface area contributed by atoms with E-state index < -0.39 is 5.60 Å². The van der Waals surface area contributed by atoms with Gasteiger partial charge in [-0.3, -0.25) is 0 Å². The van der Waals surface area contributed by atoms with Crippen molar-refractivity contribution >= 4 is 17.3 Å². The number of pyridine rings is 1. The fourth-order valence-corrected chi connectivity index (χ4v) is 2.86. The van der Waals surface area contributed by atoms with Crippen LogP contribution in [0.4, 0.5) is 4.79 Å². The first kappa shape index (κ1) is 16.5. The number of likely N-dealkylation sites (tertiary alicyclic amines) is 1. The third-order valence-corrected chi connectivity index (χ3v) is 4.08. The van der Waals surface area contributed by atoms with E-state index >= 15 is 0 Å². The molecule has 7 nitrogen and oxygen atoms in total. The molecule has 0 bridgehead atoms. The van der Waals surface area contributed by atoms with Crippen molar-refractivity contribution in [3.05, 3.63) is 18.0 Å². The van der Waals surface area contributed by atoms with E-state index in [0.717, 1.165) is 24.2 Å². The normalized spacial score (nSPS) is 16.4. The van der Waals surface area contributed by atoms with Gasteiger partial charge in [-0.15, -0.1) is 0 Å². The predicted octanol–water partition coefficient (Wildman–Crippen LogP) is 3.08. The Bertz CT molecular complexity index is 727. The average molecular weight is 332 g/mol. The number of ether oxygens (including phenoxy) is 2. The second-order valence-electron chi connectivity index (χ2n) is 7.09. The fourth-order valence-electron chi connectivity index (χ4n) is 2.86. The highest BCUT2D eigenvalue weighted by atomic mass is 16.6. The Labute approximate surface area is 141 Å². The Balaban J connectivity index is 1.65. The van der Waals surface area contributed by atoms with Gasteiger partial charge < -0.3 is 19.4 Å². The highest BCUT2D eigenvalue weighted by Gasteiger charge is 2.28. The standard InChI is InChI=1S/C17H24N4O3/c1-17(2,3)24-16(22)21-9-7-11(8-10-21)14-18-12-5-6-13(23-4)19-15(12)20-14/h5-6,11H,7-10H2,1-4H3,(H,18,19,20). The van der Waals surface area contributed by atoms with Gasteiger partial charge in [-0.05, 0) is 39.7 Å². The molecule has 1 saturated heterocycles. The first-order valence-corrected chi connectivity index (χ1v) is 8.24. The van der Waals surface area contributed by atoms with Gasteiger partial charge in [-0.25, -0.2) is 9.78 Å². The van der Waals surface area contributed by atoms with Crippen molar-refractivity contribution in [2.24, 2.45) is 0 Å². The molecule has 24 heavy (non-hydrogen) atoms. The molecule has 130 valence electrons. The summed E-state index contributed by atoms with van der Waals surface area (Å²) in [6.45, 7) is 6.99. The van der Waals surface area contributed by atoms with E-state index in [0.29, 0.717) is 30.5 Å². The van der Waals surface area contributed by atoms with E-state index in [-0.39, 0.29) is 6.09 Å². The number of aromatic nitrogens is 3. The Morgan fingerprint density at radius 1 is 1.25 bits per heavy atom. The van der Waals surface area contributed by atoms with E-state index in [1.807, 2.05) is 32.9 Å². The lowest BCUT2D eigenvalue weighted by molar-refractivity contribution is 0.0203. The summed E-state index contributed by atoms with van der Waals surface area (Å²) in [6, 6.07) is 3.74. The highest BCUT2D eigenvalue weighted by Crippen LogP contribution is 2.28. The van der Waals surface area contributed by atoms with E-state index in [1.54, 1.807) is 12.0 Å². The number of nitrogens with one attached hydrogen (secondary N) is 1. The van der Waals surface area contributed by atoms with Crippen molar-refractivity contribution in [2.45, 2.75) is 45.1 Å². The number of carbonyl (C=O) groups excluding carboxylic acids is 1. The lowest BCUT2D eigenvalue weighted by atomic mass is 9.96. The molecular weight excluding hydrogens is 308 g/mol. The summed E-state index contributed by atoms with van der Waals surface area (Å²) < 4.78 is 10.6. The van der Waals surface area contributed by atoms with Crippen LogP contribution in [0.1, 0.15) is 45.4 Å². The Kier molecular flexibility index (Phi) is 4.34. The van der Waals surface area contributed by atoms with E-state index in [1.165, 1.54) is 0 Å². The van der Waals surface area contributed by atoms with Crippen molar-refractivity contribution < 1.29 is 14.3 Å².